The summed E-state index contributed by atoms with van der Waals surface area (Å²) in [6.07, 6.45) is 4.71. The van der Waals surface area contributed by atoms with Crippen LogP contribution in [-0.2, 0) is 4.74 Å². The number of nitrogens with zero attached hydrogens (tertiary/aromatic N) is 4. The maximum absolute atomic E-state index is 12.3. The third-order valence-electron chi connectivity index (χ3n) is 4.80. The standard InChI is InChI=1S/C21H18N6O2/c28-21(22-12-16-4-3-11-29-16)14-7-9-15(10-8-14)27-13-19(24-26-27)20-17-5-1-2-6-18(17)23-25-20/h1-2,4-10,13H,3,11-12H2,(H,22,28)(H,23,25). The molecule has 8 nitrogen and oxygen atoms in total. The molecule has 0 unspecified atom stereocenters. The lowest BCUT2D eigenvalue weighted by Gasteiger charge is -2.07. The highest BCUT2D eigenvalue weighted by Crippen LogP contribution is 2.24. The monoisotopic (exact) mass is 386 g/mol. The summed E-state index contributed by atoms with van der Waals surface area (Å²) in [6.45, 7) is 1.10. The second-order valence-corrected chi connectivity index (χ2v) is 6.70. The molecule has 3 heterocycles. The Morgan fingerprint density at radius 1 is 1.17 bits per heavy atom. The minimum Gasteiger partial charge on any atom is -0.496 e. The number of ether oxygens (including phenoxy) is 1. The van der Waals surface area contributed by atoms with Crippen molar-refractivity contribution < 1.29 is 9.53 Å². The highest BCUT2D eigenvalue weighted by molar-refractivity contribution is 5.94. The third-order valence-corrected chi connectivity index (χ3v) is 4.80. The molecule has 29 heavy (non-hydrogen) atoms. The Morgan fingerprint density at radius 3 is 2.86 bits per heavy atom. The van der Waals surface area contributed by atoms with Gasteiger partial charge >= 0.3 is 0 Å². The van der Waals surface area contributed by atoms with Crippen LogP contribution in [0.4, 0.5) is 0 Å². The molecule has 1 aliphatic rings. The third kappa shape index (κ3) is 3.36. The number of nitrogens with one attached hydrogen (secondary N) is 2. The lowest BCUT2D eigenvalue weighted by molar-refractivity contribution is 0.0949. The van der Waals surface area contributed by atoms with Gasteiger partial charge in [-0.15, -0.1) is 5.10 Å². The molecule has 0 radical (unpaired) electrons. The molecule has 2 aromatic heterocycles. The zero-order valence-electron chi connectivity index (χ0n) is 15.5. The first kappa shape index (κ1) is 17.2. The highest BCUT2D eigenvalue weighted by Gasteiger charge is 2.13. The number of carbonyl (C=O) groups excluding carboxylic acids is 1. The van der Waals surface area contributed by atoms with Crippen LogP contribution in [0.3, 0.4) is 0 Å². The summed E-state index contributed by atoms with van der Waals surface area (Å²) in [5.74, 6) is 0.672. The van der Waals surface area contributed by atoms with Crippen LogP contribution in [0.15, 0.2) is 66.6 Å². The number of H-pyrrole nitrogens is 1. The van der Waals surface area contributed by atoms with Gasteiger partial charge in [-0.25, -0.2) is 4.68 Å². The molecule has 0 spiro atoms. The van der Waals surface area contributed by atoms with Crippen molar-refractivity contribution in [3.63, 3.8) is 0 Å². The van der Waals surface area contributed by atoms with Crippen LogP contribution in [0.5, 0.6) is 0 Å². The number of hydrogen-bond donors (Lipinski definition) is 2. The average molecular weight is 386 g/mol. The Hall–Kier alpha value is -3.94. The molecule has 2 N–H and O–H groups in total. The highest BCUT2D eigenvalue weighted by atomic mass is 16.5. The predicted octanol–water partition coefficient (Wildman–Crippen LogP) is 2.84. The van der Waals surface area contributed by atoms with E-state index in [0.717, 1.165) is 34.5 Å². The number of rotatable bonds is 5. The van der Waals surface area contributed by atoms with Crippen molar-refractivity contribution in [1.82, 2.24) is 30.5 Å². The summed E-state index contributed by atoms with van der Waals surface area (Å²) in [4.78, 5) is 12.3. The maximum atomic E-state index is 12.3. The van der Waals surface area contributed by atoms with E-state index in [-0.39, 0.29) is 5.91 Å². The fraction of sp³-hybridized carbons (Fsp3) is 0.143. The summed E-state index contributed by atoms with van der Waals surface area (Å²) in [5.41, 5.74) is 3.76. The van der Waals surface area contributed by atoms with Crippen molar-refractivity contribution in [2.75, 3.05) is 13.2 Å². The fourth-order valence-corrected chi connectivity index (χ4v) is 3.28. The van der Waals surface area contributed by atoms with Crippen LogP contribution in [0.1, 0.15) is 16.8 Å². The molecule has 2 aromatic carbocycles. The van der Waals surface area contributed by atoms with E-state index >= 15 is 0 Å². The molecule has 144 valence electrons. The van der Waals surface area contributed by atoms with E-state index in [1.807, 2.05) is 48.7 Å². The first-order chi connectivity index (χ1) is 14.3. The number of benzene rings is 2. The van der Waals surface area contributed by atoms with E-state index in [9.17, 15) is 4.79 Å². The van der Waals surface area contributed by atoms with Gasteiger partial charge in [-0.3, -0.25) is 9.89 Å². The fourth-order valence-electron chi connectivity index (χ4n) is 3.28. The normalized spacial score (nSPS) is 13.3. The second-order valence-electron chi connectivity index (χ2n) is 6.70. The number of amides is 1. The Balaban J connectivity index is 1.32. The zero-order valence-corrected chi connectivity index (χ0v) is 15.5. The molecule has 0 fully saturated rings. The van der Waals surface area contributed by atoms with Crippen molar-refractivity contribution in [3.05, 3.63) is 72.1 Å². The van der Waals surface area contributed by atoms with Crippen molar-refractivity contribution >= 4 is 16.8 Å². The molecule has 5 rings (SSSR count). The van der Waals surface area contributed by atoms with Gasteiger partial charge in [-0.1, -0.05) is 23.4 Å². The van der Waals surface area contributed by atoms with Crippen molar-refractivity contribution in [2.45, 2.75) is 6.42 Å². The van der Waals surface area contributed by atoms with Crippen molar-refractivity contribution in [1.29, 1.82) is 0 Å². The summed E-state index contributed by atoms with van der Waals surface area (Å²) in [5, 5.41) is 19.7. The zero-order chi connectivity index (χ0) is 19.6. The molecule has 4 aromatic rings. The van der Waals surface area contributed by atoms with Crippen LogP contribution >= 0.6 is 0 Å². The van der Waals surface area contributed by atoms with Crippen molar-refractivity contribution in [3.8, 4) is 17.1 Å². The lowest BCUT2D eigenvalue weighted by Crippen LogP contribution is -2.25. The van der Waals surface area contributed by atoms with Crippen LogP contribution in [-0.4, -0.2) is 44.3 Å². The number of carbonyl (C=O) groups is 1. The summed E-state index contributed by atoms with van der Waals surface area (Å²) >= 11 is 0. The molecule has 0 bridgehead atoms. The number of fused-ring (bicyclic) bond motifs is 1. The number of para-hydroxylation sites is 1. The van der Waals surface area contributed by atoms with E-state index in [2.05, 4.69) is 25.8 Å². The van der Waals surface area contributed by atoms with E-state index < -0.39 is 0 Å². The van der Waals surface area contributed by atoms with Crippen molar-refractivity contribution in [2.24, 2.45) is 0 Å². The topological polar surface area (TPSA) is 97.7 Å². The Labute approximate surface area is 166 Å². The SMILES string of the molecule is O=C(NCC1=CCCO1)c1ccc(-n2cc(-c3n[nH]c4ccccc34)nn2)cc1. The van der Waals surface area contributed by atoms with E-state index in [1.54, 1.807) is 16.8 Å². The minimum atomic E-state index is -0.143. The van der Waals surface area contributed by atoms with E-state index in [1.165, 1.54) is 0 Å². The molecule has 0 saturated carbocycles. The summed E-state index contributed by atoms with van der Waals surface area (Å²) in [6, 6.07) is 15.1. The Morgan fingerprint density at radius 2 is 2.03 bits per heavy atom. The van der Waals surface area contributed by atoms with Crippen LogP contribution in [0, 0.1) is 0 Å². The smallest absolute Gasteiger partial charge is 0.251 e. The molecule has 1 amide bonds. The molecule has 0 saturated heterocycles. The lowest BCUT2D eigenvalue weighted by atomic mass is 10.2. The number of aromatic nitrogens is 5. The largest absolute Gasteiger partial charge is 0.496 e. The van der Waals surface area contributed by atoms with Gasteiger partial charge in [0.15, 0.2) is 0 Å². The number of hydrogen-bond acceptors (Lipinski definition) is 5. The van der Waals surface area contributed by atoms with Crippen LogP contribution in [0.25, 0.3) is 28.0 Å². The Kier molecular flexibility index (Phi) is 4.28. The van der Waals surface area contributed by atoms with Gasteiger partial charge in [0.05, 0.1) is 30.6 Å². The van der Waals surface area contributed by atoms with Gasteiger partial charge in [0, 0.05) is 17.4 Å². The van der Waals surface area contributed by atoms with Gasteiger partial charge in [0.1, 0.15) is 17.1 Å². The Bertz CT molecular complexity index is 1210. The molecule has 0 atom stereocenters. The van der Waals surface area contributed by atoms with Gasteiger partial charge in [-0.2, -0.15) is 5.10 Å². The quantitative estimate of drug-likeness (QED) is 0.550. The first-order valence-corrected chi connectivity index (χ1v) is 9.34. The van der Waals surface area contributed by atoms with Crippen LogP contribution < -0.4 is 5.32 Å². The molecular formula is C21H18N6O2. The van der Waals surface area contributed by atoms with Gasteiger partial charge in [0.2, 0.25) is 0 Å². The number of aromatic amines is 1. The first-order valence-electron chi connectivity index (χ1n) is 9.34. The van der Waals surface area contributed by atoms with Gasteiger partial charge in [-0.05, 0) is 36.4 Å². The minimum absolute atomic E-state index is 0.143. The molecular weight excluding hydrogens is 368 g/mol. The average Bonchev–Trinajstić information content (AvgIpc) is 3.52. The van der Waals surface area contributed by atoms with E-state index in [0.29, 0.717) is 24.4 Å². The second kappa shape index (κ2) is 7.23. The molecule has 0 aliphatic carbocycles. The van der Waals surface area contributed by atoms with E-state index in [4.69, 9.17) is 4.74 Å². The molecule has 8 heteroatoms. The van der Waals surface area contributed by atoms with Crippen LogP contribution in [0.2, 0.25) is 0 Å². The summed E-state index contributed by atoms with van der Waals surface area (Å²) in [7, 11) is 0. The maximum Gasteiger partial charge on any atom is 0.251 e. The molecule has 1 aliphatic heterocycles. The summed E-state index contributed by atoms with van der Waals surface area (Å²) < 4.78 is 7.06. The van der Waals surface area contributed by atoms with Gasteiger partial charge < -0.3 is 10.1 Å². The van der Waals surface area contributed by atoms with Gasteiger partial charge in [0.25, 0.3) is 5.91 Å². The predicted molar refractivity (Wildman–Crippen MR) is 107 cm³/mol.